The van der Waals surface area contributed by atoms with Crippen molar-refractivity contribution in [2.24, 2.45) is 35.5 Å². The van der Waals surface area contributed by atoms with Crippen LogP contribution in [0.5, 0.6) is 0 Å². The van der Waals surface area contributed by atoms with Crippen molar-refractivity contribution in [2.75, 3.05) is 0 Å². The van der Waals surface area contributed by atoms with E-state index in [9.17, 15) is 23.7 Å². The van der Waals surface area contributed by atoms with Crippen LogP contribution in [-0.2, 0) is 10.8 Å². The van der Waals surface area contributed by atoms with Crippen molar-refractivity contribution in [1.29, 1.82) is 10.5 Å². The van der Waals surface area contributed by atoms with Crippen molar-refractivity contribution in [2.45, 2.75) is 112 Å². The molecule has 0 radical (unpaired) electrons. The first-order valence-electron chi connectivity index (χ1n) is 32.9. The summed E-state index contributed by atoms with van der Waals surface area (Å²) in [6.45, 7) is 18.8. The number of aromatic nitrogens is 2. The predicted molar refractivity (Wildman–Crippen MR) is 347 cm³/mol. The molecule has 12 bridgehead atoms. The van der Waals surface area contributed by atoms with Gasteiger partial charge in [0.15, 0.2) is 5.69 Å². The van der Waals surface area contributed by atoms with Crippen LogP contribution in [0.15, 0.2) is 133 Å². The summed E-state index contributed by atoms with van der Waals surface area (Å²) in [6.07, 6.45) is 15.4. The summed E-state index contributed by atoms with van der Waals surface area (Å²) in [6, 6.07) is 56.5. The molecule has 0 N–H and O–H groups in total. The molecule has 414 valence electrons. The third-order valence-electron chi connectivity index (χ3n) is 26.2. The standard InChI is InChI=1S/C82H56N6/c1-85-61-30-63-70(75-68-54-17-9-5-13-50(54)66(73(61)75)51-14-6-10-18-55(51)68)57-27-46(81-31-39-19-40(32-81)21-41(20-39)33-81)28-58-71-72-59-29-47(82-34-42-22-43(35-82)24-44(23-42)36-82)26-56-69-62(88(78(56)59)80(72)76(86-2)60(38-84)79(71)87(63)77(57)58)25-45(37-83)64-65-48-11-3-7-15-52(48)67(74(64)69)53-16-8-4-12-49(53)65/h3-18,25-30,39-44,65-68H,19-24,31-36H2. The number of hydrogen-bond acceptors (Lipinski definition) is 2. The molecule has 6 nitrogen and oxygen atoms in total. The van der Waals surface area contributed by atoms with Gasteiger partial charge in [0.25, 0.3) is 0 Å². The fourth-order valence-corrected chi connectivity index (χ4v) is 24.4. The molecular weight excluding hydrogens is 1070 g/mol. The Bertz CT molecular complexity index is 5230. The highest BCUT2D eigenvalue weighted by molar-refractivity contribution is 6.39. The molecular formula is C82H56N6. The van der Waals surface area contributed by atoms with Crippen LogP contribution in [-0.4, -0.2) is 8.80 Å². The molecule has 8 saturated carbocycles. The molecule has 4 aromatic heterocycles. The Labute approximate surface area is 508 Å². The Morgan fingerprint density at radius 2 is 0.739 bits per heavy atom. The molecule has 4 heterocycles. The van der Waals surface area contributed by atoms with Gasteiger partial charge in [0.2, 0.25) is 5.69 Å². The van der Waals surface area contributed by atoms with Crippen molar-refractivity contribution < 1.29 is 0 Å². The molecule has 14 aliphatic carbocycles. The van der Waals surface area contributed by atoms with E-state index in [1.807, 2.05) is 0 Å². The van der Waals surface area contributed by atoms with Gasteiger partial charge in [0, 0.05) is 72.3 Å². The average Bonchev–Trinajstić information content (AvgIpc) is 1.47. The van der Waals surface area contributed by atoms with E-state index in [0.717, 1.165) is 90.5 Å². The lowest BCUT2D eigenvalue weighted by atomic mass is 9.48. The van der Waals surface area contributed by atoms with Crippen molar-refractivity contribution in [3.8, 4) is 12.1 Å². The second-order valence-corrected chi connectivity index (χ2v) is 30.0. The maximum absolute atomic E-state index is 12.3. The van der Waals surface area contributed by atoms with Gasteiger partial charge in [-0.05, 0) is 238 Å². The average molecular weight is 1130 g/mol. The van der Waals surface area contributed by atoms with Gasteiger partial charge in [0.1, 0.15) is 0 Å². The summed E-state index contributed by atoms with van der Waals surface area (Å²) < 4.78 is 4.81. The minimum atomic E-state index is -0.0833. The lowest BCUT2D eigenvalue weighted by Crippen LogP contribution is -2.48. The summed E-state index contributed by atoms with van der Waals surface area (Å²) in [7, 11) is 0. The molecule has 0 saturated heterocycles. The van der Waals surface area contributed by atoms with Crippen LogP contribution >= 0.6 is 0 Å². The minimum absolute atomic E-state index is 0.0406. The predicted octanol–water partition coefficient (Wildman–Crippen LogP) is 19.7. The molecule has 0 atom stereocenters. The zero-order valence-electron chi connectivity index (χ0n) is 48.6. The van der Waals surface area contributed by atoms with Gasteiger partial charge in [-0.25, -0.2) is 9.69 Å². The lowest BCUT2D eigenvalue weighted by Gasteiger charge is -2.57. The molecule has 8 fully saturated rings. The minimum Gasteiger partial charge on any atom is -0.318 e. The Morgan fingerprint density at radius 3 is 1.12 bits per heavy atom. The van der Waals surface area contributed by atoms with Crippen LogP contribution in [0.4, 0.5) is 11.4 Å². The zero-order chi connectivity index (χ0) is 57.3. The molecule has 88 heavy (non-hydrogen) atoms. The molecule has 0 amide bonds. The number of nitrogens with zero attached hydrogens (tertiary/aromatic N) is 6. The molecule has 27 rings (SSSR count). The normalized spacial score (nSPS) is 29.1. The van der Waals surface area contributed by atoms with E-state index in [1.165, 1.54) is 176 Å². The van der Waals surface area contributed by atoms with E-state index >= 15 is 0 Å². The third-order valence-corrected chi connectivity index (χ3v) is 26.2. The highest BCUT2D eigenvalue weighted by Crippen LogP contribution is 2.67. The molecule has 14 aliphatic rings. The van der Waals surface area contributed by atoms with Crippen LogP contribution in [0.3, 0.4) is 0 Å². The highest BCUT2D eigenvalue weighted by Gasteiger charge is 2.55. The first-order valence-corrected chi connectivity index (χ1v) is 32.9. The van der Waals surface area contributed by atoms with Gasteiger partial charge in [-0.1, -0.05) is 97.1 Å². The monoisotopic (exact) mass is 1120 g/mol. The Hall–Kier alpha value is -9.46. The summed E-state index contributed by atoms with van der Waals surface area (Å²) >= 11 is 0. The van der Waals surface area contributed by atoms with Gasteiger partial charge in [-0.15, -0.1) is 0 Å². The Morgan fingerprint density at radius 1 is 0.386 bits per heavy atom. The van der Waals surface area contributed by atoms with E-state index in [1.54, 1.807) is 0 Å². The quantitative estimate of drug-likeness (QED) is 0.162. The van der Waals surface area contributed by atoms with Gasteiger partial charge in [0.05, 0.1) is 64.0 Å². The van der Waals surface area contributed by atoms with Crippen LogP contribution in [0.25, 0.3) is 85.9 Å². The third kappa shape index (κ3) is 5.10. The second kappa shape index (κ2) is 15.3. The number of nitriles is 2. The van der Waals surface area contributed by atoms with Crippen molar-refractivity contribution in [1.82, 2.24) is 8.80 Å². The van der Waals surface area contributed by atoms with E-state index in [0.29, 0.717) is 22.5 Å². The summed E-state index contributed by atoms with van der Waals surface area (Å²) in [4.78, 5) is 9.19. The van der Waals surface area contributed by atoms with Crippen LogP contribution in [0.2, 0.25) is 0 Å². The maximum atomic E-state index is 12.3. The van der Waals surface area contributed by atoms with Crippen molar-refractivity contribution in [3.63, 3.8) is 0 Å². The van der Waals surface area contributed by atoms with Crippen molar-refractivity contribution in [3.05, 3.63) is 245 Å². The fourth-order valence-electron chi connectivity index (χ4n) is 24.4. The highest BCUT2D eigenvalue weighted by atomic mass is 15.0. The number of rotatable bonds is 2. The summed E-state index contributed by atoms with van der Waals surface area (Å²) in [5, 5.41) is 33.3. The first kappa shape index (κ1) is 46.7. The van der Waals surface area contributed by atoms with Crippen LogP contribution in [0, 0.1) is 71.3 Å². The van der Waals surface area contributed by atoms with Crippen molar-refractivity contribution >= 4 is 87.6 Å². The topological polar surface area (TPSA) is 65.1 Å². The fraction of sp³-hybridized carbons (Fsp3) is 0.293. The van der Waals surface area contributed by atoms with Gasteiger partial charge in [-0.2, -0.15) is 10.5 Å². The van der Waals surface area contributed by atoms with Gasteiger partial charge < -0.3 is 8.80 Å². The van der Waals surface area contributed by atoms with Crippen LogP contribution < -0.4 is 0 Å². The SMILES string of the molecule is [C-]#[N+]c1cc2c(c3c1C1c4ccccc4C3c3ccccc31)c1cc(C34CC5CC(CC(C5)C3)C4)cc3c4c5c6cc(C78CC9CC(CC(C9)C7)C8)cc7c8c9c(c(C#N)cc8n(c5c([N+]#[C-])c(C#N)c4n2c13)c76)C1c2ccccc2C9c2ccccc21. The molecule has 6 heteroatoms. The first-order chi connectivity index (χ1) is 43.3. The molecule has 0 unspecified atom stereocenters. The van der Waals surface area contributed by atoms with E-state index in [2.05, 4.69) is 164 Å². The smallest absolute Gasteiger partial charge is 0.230 e. The number of fused-ring (bicyclic) bond motifs is 13. The number of hydrogen-bond donors (Lipinski definition) is 0. The largest absolute Gasteiger partial charge is 0.318 e. The summed E-state index contributed by atoms with van der Waals surface area (Å²) in [5.74, 6) is 4.10. The molecule has 0 spiro atoms. The van der Waals surface area contributed by atoms with Gasteiger partial charge >= 0.3 is 0 Å². The second-order valence-electron chi connectivity index (χ2n) is 30.0. The number of benzene rings is 9. The van der Waals surface area contributed by atoms with E-state index in [4.69, 9.17) is 0 Å². The molecule has 0 aliphatic heterocycles. The van der Waals surface area contributed by atoms with Crippen LogP contribution in [0.1, 0.15) is 190 Å². The van der Waals surface area contributed by atoms with E-state index in [-0.39, 0.29) is 34.5 Å². The lowest BCUT2D eigenvalue weighted by molar-refractivity contribution is -0.00520. The molecule has 9 aromatic carbocycles. The molecule has 13 aromatic rings. The maximum Gasteiger partial charge on any atom is 0.230 e. The Kier molecular flexibility index (Phi) is 8.10. The summed E-state index contributed by atoms with van der Waals surface area (Å²) in [5.41, 5.74) is 26.0. The van der Waals surface area contributed by atoms with E-state index < -0.39 is 0 Å². The Balaban J connectivity index is 0.927. The zero-order valence-corrected chi connectivity index (χ0v) is 48.6. The van der Waals surface area contributed by atoms with Gasteiger partial charge in [-0.3, -0.25) is 0 Å².